The number of carboxylic acids is 1. The topological polar surface area (TPSA) is 66.6 Å². The number of aromatic nitrogens is 1. The molecule has 0 amide bonds. The van der Waals surface area contributed by atoms with Crippen LogP contribution in [0.1, 0.15) is 5.69 Å². The predicted octanol–water partition coefficient (Wildman–Crippen LogP) is 3.52. The van der Waals surface area contributed by atoms with Crippen LogP contribution in [0, 0.1) is 11.8 Å². The SMILES string of the molecule is Cl.O=C(O)[C@@H]1CN(Cc2cc(-c3cccs3)on2)C[C@H]1C(F)(F)F. The van der Waals surface area contributed by atoms with Crippen molar-refractivity contribution in [3.05, 3.63) is 29.3 Å². The molecule has 2 aromatic heterocycles. The Kier molecular flexibility index (Phi) is 5.56. The van der Waals surface area contributed by atoms with E-state index in [2.05, 4.69) is 5.16 Å². The molecule has 2 aromatic rings. The van der Waals surface area contributed by atoms with E-state index in [1.54, 1.807) is 6.07 Å². The van der Waals surface area contributed by atoms with Crippen LogP contribution in [0.2, 0.25) is 0 Å². The largest absolute Gasteiger partial charge is 0.481 e. The number of hydrogen-bond acceptors (Lipinski definition) is 5. The second-order valence-electron chi connectivity index (χ2n) is 5.45. The number of hydrogen-bond donors (Lipinski definition) is 1. The van der Waals surface area contributed by atoms with Crippen LogP contribution in [0.3, 0.4) is 0 Å². The fourth-order valence-electron chi connectivity index (χ4n) is 2.75. The monoisotopic (exact) mass is 382 g/mol. The van der Waals surface area contributed by atoms with Gasteiger partial charge in [-0.05, 0) is 11.4 Å². The zero-order valence-electron chi connectivity index (χ0n) is 12.2. The number of nitrogens with zero attached hydrogens (tertiary/aromatic N) is 2. The van der Waals surface area contributed by atoms with E-state index >= 15 is 0 Å². The summed E-state index contributed by atoms with van der Waals surface area (Å²) in [5.74, 6) is -4.17. The number of rotatable bonds is 4. The molecule has 0 radical (unpaired) electrons. The van der Waals surface area contributed by atoms with Crippen molar-refractivity contribution in [2.75, 3.05) is 13.1 Å². The Bertz CT molecular complexity index is 690. The Morgan fingerprint density at radius 1 is 1.46 bits per heavy atom. The molecule has 0 unspecified atom stereocenters. The van der Waals surface area contributed by atoms with Crippen molar-refractivity contribution < 1.29 is 27.6 Å². The Hall–Kier alpha value is -1.58. The summed E-state index contributed by atoms with van der Waals surface area (Å²) in [4.78, 5) is 13.4. The van der Waals surface area contributed by atoms with E-state index in [4.69, 9.17) is 9.63 Å². The molecule has 1 aliphatic rings. The van der Waals surface area contributed by atoms with Crippen molar-refractivity contribution in [2.45, 2.75) is 12.7 Å². The zero-order valence-corrected chi connectivity index (χ0v) is 13.8. The van der Waals surface area contributed by atoms with Crippen molar-refractivity contribution >= 4 is 29.7 Å². The number of likely N-dealkylation sites (tertiary alicyclic amines) is 1. The molecule has 3 rings (SSSR count). The van der Waals surface area contributed by atoms with Crippen LogP contribution < -0.4 is 0 Å². The molecule has 132 valence electrons. The van der Waals surface area contributed by atoms with Gasteiger partial charge < -0.3 is 9.63 Å². The molecule has 0 aliphatic carbocycles. The van der Waals surface area contributed by atoms with Gasteiger partial charge in [0.1, 0.15) is 0 Å². The molecule has 2 atom stereocenters. The molecular weight excluding hydrogens is 369 g/mol. The van der Waals surface area contributed by atoms with Crippen LogP contribution in [0.15, 0.2) is 28.1 Å². The summed E-state index contributed by atoms with van der Waals surface area (Å²) >= 11 is 1.47. The first kappa shape index (κ1) is 18.8. The van der Waals surface area contributed by atoms with Crippen LogP contribution in [0.5, 0.6) is 0 Å². The van der Waals surface area contributed by atoms with Gasteiger partial charge in [-0.2, -0.15) is 13.2 Å². The van der Waals surface area contributed by atoms with Gasteiger partial charge in [0.25, 0.3) is 0 Å². The quantitative estimate of drug-likeness (QED) is 0.876. The lowest BCUT2D eigenvalue weighted by atomic mass is 9.96. The number of thiophene rings is 1. The molecule has 10 heteroatoms. The highest BCUT2D eigenvalue weighted by Gasteiger charge is 2.52. The Morgan fingerprint density at radius 3 is 2.75 bits per heavy atom. The minimum atomic E-state index is -4.52. The van der Waals surface area contributed by atoms with E-state index in [9.17, 15) is 18.0 Å². The average molecular weight is 383 g/mol. The Labute approximate surface area is 145 Å². The molecular formula is C14H14ClF3N2O3S. The summed E-state index contributed by atoms with van der Waals surface area (Å²) in [5.41, 5.74) is 0.486. The molecule has 3 heterocycles. The van der Waals surface area contributed by atoms with Crippen molar-refractivity contribution in [3.63, 3.8) is 0 Å². The van der Waals surface area contributed by atoms with Crippen LogP contribution in [-0.2, 0) is 11.3 Å². The van der Waals surface area contributed by atoms with E-state index < -0.39 is 24.0 Å². The first-order valence-electron chi connectivity index (χ1n) is 6.86. The molecule has 24 heavy (non-hydrogen) atoms. The van der Waals surface area contributed by atoms with Crippen LogP contribution in [0.4, 0.5) is 13.2 Å². The highest BCUT2D eigenvalue weighted by Crippen LogP contribution is 2.38. The maximum atomic E-state index is 13.0. The molecule has 0 saturated carbocycles. The number of carbonyl (C=O) groups is 1. The van der Waals surface area contributed by atoms with Gasteiger partial charge in [0, 0.05) is 25.7 Å². The Balaban J connectivity index is 0.00000208. The number of aliphatic carboxylic acids is 1. The molecule has 1 fully saturated rings. The average Bonchev–Trinajstić information content (AvgIpc) is 3.17. The lowest BCUT2D eigenvalue weighted by molar-refractivity contribution is -0.188. The fraction of sp³-hybridized carbons (Fsp3) is 0.429. The van der Waals surface area contributed by atoms with Gasteiger partial charge in [-0.3, -0.25) is 9.69 Å². The maximum absolute atomic E-state index is 13.0. The predicted molar refractivity (Wildman–Crippen MR) is 83.0 cm³/mol. The van der Waals surface area contributed by atoms with Crippen molar-refractivity contribution in [1.29, 1.82) is 0 Å². The molecule has 0 bridgehead atoms. The van der Waals surface area contributed by atoms with Crippen molar-refractivity contribution in [2.24, 2.45) is 11.8 Å². The van der Waals surface area contributed by atoms with E-state index in [0.717, 1.165) is 4.88 Å². The van der Waals surface area contributed by atoms with Crippen LogP contribution in [-0.4, -0.2) is 40.4 Å². The van der Waals surface area contributed by atoms with Gasteiger partial charge in [-0.1, -0.05) is 11.2 Å². The first-order chi connectivity index (χ1) is 10.8. The van der Waals surface area contributed by atoms with E-state index in [1.165, 1.54) is 16.2 Å². The summed E-state index contributed by atoms with van der Waals surface area (Å²) in [6.07, 6.45) is -4.52. The minimum absolute atomic E-state index is 0. The zero-order chi connectivity index (χ0) is 16.6. The van der Waals surface area contributed by atoms with Crippen LogP contribution >= 0.6 is 23.7 Å². The molecule has 1 aliphatic heterocycles. The molecule has 1 saturated heterocycles. The normalized spacial score (nSPS) is 21.6. The third-order valence-electron chi connectivity index (χ3n) is 3.84. The van der Waals surface area contributed by atoms with Gasteiger partial charge in [0.05, 0.1) is 22.4 Å². The summed E-state index contributed by atoms with van der Waals surface area (Å²) in [6.45, 7) is -0.367. The van der Waals surface area contributed by atoms with E-state index in [0.29, 0.717) is 11.5 Å². The number of halogens is 4. The fourth-order valence-corrected chi connectivity index (χ4v) is 3.42. The summed E-state index contributed by atoms with van der Waals surface area (Å²) in [7, 11) is 0. The van der Waals surface area contributed by atoms with Gasteiger partial charge in [-0.25, -0.2) is 0 Å². The highest BCUT2D eigenvalue weighted by atomic mass is 35.5. The van der Waals surface area contributed by atoms with Gasteiger partial charge in [-0.15, -0.1) is 23.7 Å². The Morgan fingerprint density at radius 2 is 2.21 bits per heavy atom. The van der Waals surface area contributed by atoms with E-state index in [-0.39, 0.29) is 32.0 Å². The second-order valence-corrected chi connectivity index (χ2v) is 6.39. The third kappa shape index (κ3) is 3.90. The van der Waals surface area contributed by atoms with Crippen LogP contribution in [0.25, 0.3) is 10.6 Å². The van der Waals surface area contributed by atoms with Crippen molar-refractivity contribution in [1.82, 2.24) is 10.1 Å². The second kappa shape index (κ2) is 7.12. The standard InChI is InChI=1S/C14H13F3N2O3S.ClH/c15-14(16,17)10-7-19(6-9(10)13(20)21)5-8-4-11(22-18-8)12-2-1-3-23-12;/h1-4,9-10H,5-7H2,(H,20,21);1H/t9-,10-;/m1./s1. The smallest absolute Gasteiger partial charge is 0.393 e. The van der Waals surface area contributed by atoms with E-state index in [1.807, 2.05) is 17.5 Å². The third-order valence-corrected chi connectivity index (χ3v) is 4.73. The number of carboxylic acid groups (broad SMARTS) is 1. The summed E-state index contributed by atoms with van der Waals surface area (Å²) in [6, 6.07) is 5.38. The van der Waals surface area contributed by atoms with Gasteiger partial charge >= 0.3 is 12.1 Å². The van der Waals surface area contributed by atoms with Gasteiger partial charge in [0.15, 0.2) is 5.76 Å². The highest BCUT2D eigenvalue weighted by molar-refractivity contribution is 7.13. The lowest BCUT2D eigenvalue weighted by Gasteiger charge is -2.18. The first-order valence-corrected chi connectivity index (χ1v) is 7.74. The van der Waals surface area contributed by atoms with Gasteiger partial charge in [0.2, 0.25) is 0 Å². The molecule has 5 nitrogen and oxygen atoms in total. The number of alkyl halides is 3. The minimum Gasteiger partial charge on any atom is -0.481 e. The van der Waals surface area contributed by atoms with Crippen molar-refractivity contribution in [3.8, 4) is 10.6 Å². The summed E-state index contributed by atoms with van der Waals surface area (Å²) < 4.78 is 44.0. The maximum Gasteiger partial charge on any atom is 0.393 e. The molecule has 0 spiro atoms. The summed E-state index contributed by atoms with van der Waals surface area (Å²) in [5, 5.41) is 14.7. The lowest BCUT2D eigenvalue weighted by Crippen LogP contribution is -2.33. The molecule has 1 N–H and O–H groups in total. The molecule has 0 aromatic carbocycles.